The Labute approximate surface area is 112 Å². The molecule has 2 aromatic heterocycles. The van der Waals surface area contributed by atoms with Crippen LogP contribution in [-0.4, -0.2) is 30.8 Å². The first-order valence-electron chi connectivity index (χ1n) is 4.52. The van der Waals surface area contributed by atoms with E-state index in [0.717, 1.165) is 11.3 Å². The van der Waals surface area contributed by atoms with Crippen LogP contribution in [0, 0.1) is 10.1 Å². The third kappa shape index (κ3) is 2.54. The summed E-state index contributed by atoms with van der Waals surface area (Å²) in [5, 5.41) is 24.6. The summed E-state index contributed by atoms with van der Waals surface area (Å²) >= 11 is 4.02. The molecule has 0 unspecified atom stereocenters. The quantitative estimate of drug-likeness (QED) is 0.674. The average Bonchev–Trinajstić information content (AvgIpc) is 2.86. The van der Waals surface area contributed by atoms with Crippen LogP contribution < -0.4 is 0 Å². The molecule has 8 nitrogen and oxygen atoms in total. The summed E-state index contributed by atoms with van der Waals surface area (Å²) in [5.74, 6) is -1.39. The van der Waals surface area contributed by atoms with Gasteiger partial charge in [-0.05, 0) is 20.9 Å². The molecule has 1 N–H and O–H groups in total. The van der Waals surface area contributed by atoms with E-state index >= 15 is 0 Å². The van der Waals surface area contributed by atoms with Crippen LogP contribution in [-0.2, 0) is 6.54 Å². The lowest BCUT2D eigenvalue weighted by Crippen LogP contribution is -2.03. The Morgan fingerprint density at radius 3 is 2.89 bits per heavy atom. The number of aromatic nitrogens is 3. The first-order valence-corrected chi connectivity index (χ1v) is 6.19. The lowest BCUT2D eigenvalue weighted by atomic mass is 10.5. The van der Waals surface area contributed by atoms with E-state index in [1.807, 2.05) is 0 Å². The molecule has 94 valence electrons. The molecule has 0 aliphatic carbocycles. The number of carboxylic acids is 1. The molecule has 2 heterocycles. The zero-order valence-corrected chi connectivity index (χ0v) is 11.0. The van der Waals surface area contributed by atoms with Gasteiger partial charge in [0.25, 0.3) is 0 Å². The van der Waals surface area contributed by atoms with Crippen molar-refractivity contribution in [3.05, 3.63) is 36.9 Å². The summed E-state index contributed by atoms with van der Waals surface area (Å²) in [4.78, 5) is 24.5. The van der Waals surface area contributed by atoms with Gasteiger partial charge in [-0.15, -0.1) is 11.3 Å². The number of rotatable bonds is 4. The first-order chi connectivity index (χ1) is 8.47. The topological polar surface area (TPSA) is 111 Å². The smallest absolute Gasteiger partial charge is 0.404 e. The largest absolute Gasteiger partial charge is 0.476 e. The van der Waals surface area contributed by atoms with Crippen molar-refractivity contribution in [1.29, 1.82) is 0 Å². The normalized spacial score (nSPS) is 10.5. The van der Waals surface area contributed by atoms with Crippen LogP contribution in [0.3, 0.4) is 0 Å². The highest BCUT2D eigenvalue weighted by Crippen LogP contribution is 2.22. The van der Waals surface area contributed by atoms with Crippen LogP contribution in [0.2, 0.25) is 0 Å². The van der Waals surface area contributed by atoms with Gasteiger partial charge >= 0.3 is 11.8 Å². The van der Waals surface area contributed by atoms with Gasteiger partial charge in [-0.25, -0.2) is 9.78 Å². The summed E-state index contributed by atoms with van der Waals surface area (Å²) in [6.45, 7) is 0.177. The molecule has 0 aliphatic heterocycles. The number of hydrogen-bond donors (Lipinski definition) is 1. The van der Waals surface area contributed by atoms with Gasteiger partial charge in [0.05, 0.1) is 17.0 Å². The number of thiazole rings is 1. The zero-order valence-electron chi connectivity index (χ0n) is 8.61. The second kappa shape index (κ2) is 4.82. The van der Waals surface area contributed by atoms with Crippen LogP contribution in [0.15, 0.2) is 16.0 Å². The van der Waals surface area contributed by atoms with Gasteiger partial charge in [0, 0.05) is 5.38 Å². The fourth-order valence-corrected chi connectivity index (χ4v) is 2.34. The van der Waals surface area contributed by atoms with Crippen molar-refractivity contribution < 1.29 is 14.8 Å². The fourth-order valence-electron chi connectivity index (χ4n) is 1.24. The van der Waals surface area contributed by atoms with E-state index in [1.165, 1.54) is 10.9 Å². The molecule has 2 rings (SSSR count). The Morgan fingerprint density at radius 1 is 1.67 bits per heavy atom. The highest BCUT2D eigenvalue weighted by Gasteiger charge is 2.19. The molecule has 10 heteroatoms. The number of carbonyl (C=O) groups is 1. The van der Waals surface area contributed by atoms with Crippen LogP contribution in [0.5, 0.6) is 0 Å². The number of nitro groups is 1. The van der Waals surface area contributed by atoms with Gasteiger partial charge in [-0.3, -0.25) is 0 Å². The van der Waals surface area contributed by atoms with Crippen molar-refractivity contribution in [3.63, 3.8) is 0 Å². The maximum Gasteiger partial charge on any atom is 0.404 e. The standard InChI is InChI=1S/C8H5BrN4O4S/c9-5-2-12(11-6(5)13(16)17)1-4-3-18-7(10-4)8(14)15/h2-3H,1H2,(H,14,15). The minimum atomic E-state index is -1.10. The fraction of sp³-hybridized carbons (Fsp3) is 0.125. The van der Waals surface area contributed by atoms with Gasteiger partial charge in [0.2, 0.25) is 5.01 Å². The summed E-state index contributed by atoms with van der Waals surface area (Å²) in [5.41, 5.74) is 0.488. The highest BCUT2D eigenvalue weighted by atomic mass is 79.9. The second-order valence-corrected chi connectivity index (χ2v) is 4.92. The molecule has 0 atom stereocenters. The van der Waals surface area contributed by atoms with E-state index in [4.69, 9.17) is 5.11 Å². The Bertz CT molecular complexity index is 622. The maximum atomic E-state index is 10.6. The average molecular weight is 333 g/mol. The van der Waals surface area contributed by atoms with E-state index in [2.05, 4.69) is 26.0 Å². The predicted octanol–water partition coefficient (Wildman–Crippen LogP) is 1.76. The Kier molecular flexibility index (Phi) is 3.39. The third-order valence-corrected chi connectivity index (χ3v) is 3.37. The van der Waals surface area contributed by atoms with Gasteiger partial charge < -0.3 is 15.2 Å². The number of aromatic carboxylic acids is 1. The number of hydrogen-bond acceptors (Lipinski definition) is 6. The number of nitrogens with zero attached hydrogens (tertiary/aromatic N) is 4. The SMILES string of the molecule is O=C(O)c1nc(Cn2cc(Br)c([N+](=O)[O-])n2)cs1. The Hall–Kier alpha value is -1.81. The van der Waals surface area contributed by atoms with E-state index in [-0.39, 0.29) is 21.8 Å². The molecule has 0 saturated heterocycles. The van der Waals surface area contributed by atoms with Gasteiger partial charge in [0.1, 0.15) is 11.0 Å². The zero-order chi connectivity index (χ0) is 13.3. The van der Waals surface area contributed by atoms with Crippen LogP contribution in [0.1, 0.15) is 15.5 Å². The lowest BCUT2D eigenvalue weighted by molar-refractivity contribution is -0.390. The Morgan fingerprint density at radius 2 is 2.39 bits per heavy atom. The van der Waals surface area contributed by atoms with Gasteiger partial charge in [-0.1, -0.05) is 0 Å². The monoisotopic (exact) mass is 332 g/mol. The van der Waals surface area contributed by atoms with E-state index in [1.54, 1.807) is 5.38 Å². The molecule has 0 fully saturated rings. The summed E-state index contributed by atoms with van der Waals surface area (Å²) in [6, 6.07) is 0. The van der Waals surface area contributed by atoms with Crippen molar-refractivity contribution in [3.8, 4) is 0 Å². The van der Waals surface area contributed by atoms with E-state index in [0.29, 0.717) is 5.69 Å². The van der Waals surface area contributed by atoms with Crippen molar-refractivity contribution in [1.82, 2.24) is 14.8 Å². The summed E-state index contributed by atoms with van der Waals surface area (Å²) in [6.07, 6.45) is 1.44. The number of halogens is 1. The molecular weight excluding hydrogens is 328 g/mol. The van der Waals surface area contributed by atoms with Crippen molar-refractivity contribution in [2.75, 3.05) is 0 Å². The molecule has 0 aromatic carbocycles. The number of carboxylic acid groups (broad SMARTS) is 1. The molecule has 0 spiro atoms. The molecule has 2 aromatic rings. The molecule has 0 bridgehead atoms. The third-order valence-electron chi connectivity index (χ3n) is 1.93. The van der Waals surface area contributed by atoms with Crippen LogP contribution >= 0.6 is 27.3 Å². The van der Waals surface area contributed by atoms with Crippen LogP contribution in [0.25, 0.3) is 0 Å². The van der Waals surface area contributed by atoms with Crippen molar-refractivity contribution in [2.45, 2.75) is 6.54 Å². The van der Waals surface area contributed by atoms with Crippen molar-refractivity contribution >= 4 is 39.1 Å². The second-order valence-electron chi connectivity index (χ2n) is 3.20. The molecule has 0 aliphatic rings. The van der Waals surface area contributed by atoms with Gasteiger partial charge in [0.15, 0.2) is 0 Å². The molecule has 0 saturated carbocycles. The Balaban J connectivity index is 2.20. The highest BCUT2D eigenvalue weighted by molar-refractivity contribution is 9.10. The molecule has 0 radical (unpaired) electrons. The minimum absolute atomic E-state index is 0.0225. The van der Waals surface area contributed by atoms with Crippen molar-refractivity contribution in [2.24, 2.45) is 0 Å². The first kappa shape index (κ1) is 12.6. The molecular formula is C8H5BrN4O4S. The van der Waals surface area contributed by atoms with Crippen LogP contribution in [0.4, 0.5) is 5.82 Å². The lowest BCUT2D eigenvalue weighted by Gasteiger charge is -1.91. The maximum absolute atomic E-state index is 10.6. The molecule has 0 amide bonds. The summed E-state index contributed by atoms with van der Waals surface area (Å²) in [7, 11) is 0. The van der Waals surface area contributed by atoms with E-state index in [9.17, 15) is 14.9 Å². The predicted molar refractivity (Wildman–Crippen MR) is 64.8 cm³/mol. The molecule has 18 heavy (non-hydrogen) atoms. The minimum Gasteiger partial charge on any atom is -0.476 e. The summed E-state index contributed by atoms with van der Waals surface area (Å²) < 4.78 is 1.59. The van der Waals surface area contributed by atoms with E-state index < -0.39 is 10.9 Å². The van der Waals surface area contributed by atoms with Gasteiger partial charge in [-0.2, -0.15) is 4.68 Å².